The Hall–Kier alpha value is -3.53. The number of phenols is 1. The molecule has 0 aliphatic carbocycles. The maximum absolute atomic E-state index is 9.73. The van der Waals surface area contributed by atoms with Gasteiger partial charge < -0.3 is 29.8 Å². The number of aromatic hydroxyl groups is 1. The molecule has 2 aromatic rings. The van der Waals surface area contributed by atoms with Crippen LogP contribution in [0.4, 0.5) is 0 Å². The minimum absolute atomic E-state index is 0.00986. The topological polar surface area (TPSA) is 107 Å². The maximum Gasteiger partial charge on any atom is 0.205 e. The van der Waals surface area contributed by atoms with Gasteiger partial charge in [-0.2, -0.15) is 5.26 Å². The van der Waals surface area contributed by atoms with E-state index in [1.165, 1.54) is 33.5 Å². The third-order valence-electron chi connectivity index (χ3n) is 4.22. The zero-order valence-corrected chi connectivity index (χ0v) is 14.6. The number of hydrogen-bond donors (Lipinski definition) is 2. The molecule has 0 saturated heterocycles. The molecule has 1 aliphatic heterocycles. The van der Waals surface area contributed by atoms with E-state index in [1.807, 2.05) is 0 Å². The Balaban J connectivity index is 2.26. The van der Waals surface area contributed by atoms with Crippen molar-refractivity contribution in [2.24, 2.45) is 5.73 Å². The zero-order chi connectivity index (χ0) is 18.8. The molecule has 1 aliphatic rings. The van der Waals surface area contributed by atoms with Gasteiger partial charge in [0.15, 0.2) is 11.5 Å². The van der Waals surface area contributed by atoms with Gasteiger partial charge in [0.1, 0.15) is 23.1 Å². The number of allylic oxidation sites excluding steroid dienone is 1. The molecule has 1 atom stereocenters. The standard InChI is InChI=1S/C19H18N2O5/c1-23-15-6-10(7-16(24-2)18(15)25-3)17-12-5-4-11(22)8-14(12)26-19(21)13(17)9-20/h4-8,17,22H,21H2,1-3H3/t17-/m1/s1. The van der Waals surface area contributed by atoms with E-state index < -0.39 is 5.92 Å². The Morgan fingerprint density at radius 1 is 1.08 bits per heavy atom. The van der Waals surface area contributed by atoms with Gasteiger partial charge in [0.2, 0.25) is 11.6 Å². The summed E-state index contributed by atoms with van der Waals surface area (Å²) < 4.78 is 21.7. The Kier molecular flexibility index (Phi) is 4.50. The second-order valence-electron chi connectivity index (χ2n) is 5.61. The molecule has 0 radical (unpaired) electrons. The van der Waals surface area contributed by atoms with E-state index >= 15 is 0 Å². The fourth-order valence-electron chi connectivity index (χ4n) is 3.06. The highest BCUT2D eigenvalue weighted by Gasteiger charge is 2.32. The van der Waals surface area contributed by atoms with Crippen LogP contribution in [-0.4, -0.2) is 26.4 Å². The number of nitrogens with zero attached hydrogens (tertiary/aromatic N) is 1. The third-order valence-corrected chi connectivity index (χ3v) is 4.22. The number of nitriles is 1. The van der Waals surface area contributed by atoms with Crippen molar-refractivity contribution in [1.29, 1.82) is 5.26 Å². The summed E-state index contributed by atoms with van der Waals surface area (Å²) in [6.07, 6.45) is 0. The zero-order valence-electron chi connectivity index (χ0n) is 14.6. The fraction of sp³-hybridized carbons (Fsp3) is 0.211. The van der Waals surface area contributed by atoms with Crippen molar-refractivity contribution in [3.8, 4) is 34.8 Å². The molecule has 0 unspecified atom stereocenters. The minimum Gasteiger partial charge on any atom is -0.508 e. The number of phenolic OH excluding ortho intramolecular Hbond substituents is 1. The molecular weight excluding hydrogens is 336 g/mol. The Morgan fingerprint density at radius 3 is 2.27 bits per heavy atom. The Bertz CT molecular complexity index is 905. The van der Waals surface area contributed by atoms with Crippen LogP contribution >= 0.6 is 0 Å². The number of methoxy groups -OCH3 is 3. The van der Waals surface area contributed by atoms with Crippen LogP contribution in [0.15, 0.2) is 41.8 Å². The van der Waals surface area contributed by atoms with Gasteiger partial charge in [0, 0.05) is 11.6 Å². The molecule has 3 rings (SSSR count). The maximum atomic E-state index is 9.73. The van der Waals surface area contributed by atoms with E-state index in [4.69, 9.17) is 24.7 Å². The van der Waals surface area contributed by atoms with Gasteiger partial charge in [-0.3, -0.25) is 0 Å². The molecule has 134 valence electrons. The average Bonchev–Trinajstić information content (AvgIpc) is 2.65. The van der Waals surface area contributed by atoms with Crippen LogP contribution < -0.4 is 24.7 Å². The molecule has 26 heavy (non-hydrogen) atoms. The fourth-order valence-corrected chi connectivity index (χ4v) is 3.06. The van der Waals surface area contributed by atoms with Crippen molar-refractivity contribution in [3.63, 3.8) is 0 Å². The predicted molar refractivity (Wildman–Crippen MR) is 93.5 cm³/mol. The molecule has 7 heteroatoms. The van der Waals surface area contributed by atoms with Crippen molar-refractivity contribution in [1.82, 2.24) is 0 Å². The van der Waals surface area contributed by atoms with E-state index in [9.17, 15) is 10.4 Å². The van der Waals surface area contributed by atoms with Crippen molar-refractivity contribution in [3.05, 3.63) is 52.9 Å². The minimum atomic E-state index is -0.502. The first-order chi connectivity index (χ1) is 12.5. The lowest BCUT2D eigenvalue weighted by Gasteiger charge is -2.27. The lowest BCUT2D eigenvalue weighted by molar-refractivity contribution is 0.323. The second-order valence-corrected chi connectivity index (χ2v) is 5.61. The van der Waals surface area contributed by atoms with Crippen molar-refractivity contribution >= 4 is 0 Å². The molecule has 7 nitrogen and oxygen atoms in total. The lowest BCUT2D eigenvalue weighted by Crippen LogP contribution is -2.21. The largest absolute Gasteiger partial charge is 0.508 e. The Labute approximate surface area is 150 Å². The van der Waals surface area contributed by atoms with Crippen LogP contribution in [0.1, 0.15) is 17.0 Å². The number of rotatable bonds is 4. The van der Waals surface area contributed by atoms with Crippen LogP contribution in [0, 0.1) is 11.3 Å². The monoisotopic (exact) mass is 354 g/mol. The van der Waals surface area contributed by atoms with E-state index in [2.05, 4.69) is 6.07 Å². The summed E-state index contributed by atoms with van der Waals surface area (Å²) in [4.78, 5) is 0. The molecular formula is C19H18N2O5. The molecule has 0 aromatic heterocycles. The van der Waals surface area contributed by atoms with Crippen molar-refractivity contribution < 1.29 is 24.1 Å². The lowest BCUT2D eigenvalue weighted by atomic mass is 9.83. The summed E-state index contributed by atoms with van der Waals surface area (Å²) in [5.74, 6) is 1.30. The predicted octanol–water partition coefficient (Wildman–Crippen LogP) is 2.64. The van der Waals surface area contributed by atoms with Gasteiger partial charge in [0.25, 0.3) is 0 Å². The van der Waals surface area contributed by atoms with Gasteiger partial charge in [-0.1, -0.05) is 6.07 Å². The van der Waals surface area contributed by atoms with Crippen LogP contribution in [-0.2, 0) is 0 Å². The van der Waals surface area contributed by atoms with Gasteiger partial charge in [-0.15, -0.1) is 0 Å². The first kappa shape index (κ1) is 17.3. The smallest absolute Gasteiger partial charge is 0.205 e. The van der Waals surface area contributed by atoms with Gasteiger partial charge in [-0.05, 0) is 23.8 Å². The van der Waals surface area contributed by atoms with E-state index in [0.717, 1.165) is 0 Å². The van der Waals surface area contributed by atoms with Crippen molar-refractivity contribution in [2.75, 3.05) is 21.3 Å². The average molecular weight is 354 g/mol. The normalized spacial score (nSPS) is 15.5. The molecule has 3 N–H and O–H groups in total. The SMILES string of the molecule is COc1cc([C@H]2C(C#N)=C(N)Oc3cc(O)ccc32)cc(OC)c1OC. The molecule has 0 saturated carbocycles. The van der Waals surface area contributed by atoms with Gasteiger partial charge in [-0.25, -0.2) is 0 Å². The quantitative estimate of drug-likeness (QED) is 0.869. The molecule has 0 bridgehead atoms. The van der Waals surface area contributed by atoms with E-state index in [1.54, 1.807) is 18.2 Å². The number of nitrogens with two attached hydrogens (primary N) is 1. The molecule has 0 amide bonds. The van der Waals surface area contributed by atoms with Crippen LogP contribution in [0.5, 0.6) is 28.7 Å². The number of fused-ring (bicyclic) bond motifs is 1. The highest BCUT2D eigenvalue weighted by atomic mass is 16.5. The molecule has 0 spiro atoms. The van der Waals surface area contributed by atoms with E-state index in [-0.39, 0.29) is 17.2 Å². The summed E-state index contributed by atoms with van der Waals surface area (Å²) in [5.41, 5.74) is 7.62. The number of ether oxygens (including phenoxy) is 4. The summed E-state index contributed by atoms with van der Waals surface area (Å²) in [6, 6.07) is 10.3. The third kappa shape index (κ3) is 2.71. The Morgan fingerprint density at radius 2 is 1.73 bits per heavy atom. The highest BCUT2D eigenvalue weighted by Crippen LogP contribution is 2.47. The van der Waals surface area contributed by atoms with Gasteiger partial charge >= 0.3 is 0 Å². The van der Waals surface area contributed by atoms with Crippen molar-refractivity contribution in [2.45, 2.75) is 5.92 Å². The molecule has 2 aromatic carbocycles. The summed E-state index contributed by atoms with van der Waals surface area (Å²) in [7, 11) is 4.56. The van der Waals surface area contributed by atoms with Gasteiger partial charge in [0.05, 0.1) is 27.2 Å². The van der Waals surface area contributed by atoms with E-state index in [0.29, 0.717) is 34.1 Å². The van der Waals surface area contributed by atoms with Crippen LogP contribution in [0.25, 0.3) is 0 Å². The first-order valence-corrected chi connectivity index (χ1v) is 7.74. The first-order valence-electron chi connectivity index (χ1n) is 7.74. The second kappa shape index (κ2) is 6.76. The molecule has 0 fully saturated rings. The van der Waals surface area contributed by atoms with Crippen LogP contribution in [0.3, 0.4) is 0 Å². The number of hydrogen-bond acceptors (Lipinski definition) is 7. The summed E-state index contributed by atoms with van der Waals surface area (Å²) in [5, 5.41) is 19.4. The summed E-state index contributed by atoms with van der Waals surface area (Å²) >= 11 is 0. The highest BCUT2D eigenvalue weighted by molar-refractivity contribution is 5.62. The molecule has 1 heterocycles. The summed E-state index contributed by atoms with van der Waals surface area (Å²) in [6.45, 7) is 0. The number of benzene rings is 2. The van der Waals surface area contributed by atoms with Crippen LogP contribution in [0.2, 0.25) is 0 Å².